The molecular weight excluding hydrogens is 362 g/mol. The average Bonchev–Trinajstić information content (AvgIpc) is 3.19. The molecule has 0 bridgehead atoms. The quantitative estimate of drug-likeness (QED) is 0.460. The van der Waals surface area contributed by atoms with Crippen molar-refractivity contribution in [2.45, 2.75) is 6.54 Å². The molecule has 0 saturated heterocycles. The number of rotatable bonds is 6. The maximum atomic E-state index is 6.18. The lowest BCUT2D eigenvalue weighted by Gasteiger charge is -2.12. The van der Waals surface area contributed by atoms with E-state index in [0.717, 1.165) is 11.3 Å². The third-order valence-corrected chi connectivity index (χ3v) is 4.17. The predicted molar refractivity (Wildman–Crippen MR) is 105 cm³/mol. The van der Waals surface area contributed by atoms with Crippen LogP contribution in [0.5, 0.6) is 11.5 Å². The molecule has 1 N–H and O–H groups in total. The molecule has 134 valence electrons. The van der Waals surface area contributed by atoms with E-state index < -0.39 is 0 Å². The second kappa shape index (κ2) is 7.93. The maximum Gasteiger partial charge on any atom is 0.247 e. The highest BCUT2D eigenvalue weighted by Gasteiger charge is 2.10. The minimum Gasteiger partial charge on any atom is -0.454 e. The standard InChI is InChI=1S/C21H16ClN3O2/c22-16-10-4-6-12-18(16)26-19-13-7-5-11-17(19)23-14-20-24-25-21(27-20)15-8-2-1-3-9-15/h1-13,23H,14H2. The van der Waals surface area contributed by atoms with Gasteiger partial charge in [0.2, 0.25) is 11.8 Å². The van der Waals surface area contributed by atoms with Crippen LogP contribution in [-0.2, 0) is 6.54 Å². The van der Waals surface area contributed by atoms with Gasteiger partial charge in [-0.05, 0) is 36.4 Å². The Morgan fingerprint density at radius 2 is 1.52 bits per heavy atom. The van der Waals surface area contributed by atoms with Crippen LogP contribution in [0.3, 0.4) is 0 Å². The van der Waals surface area contributed by atoms with E-state index in [1.165, 1.54) is 0 Å². The molecule has 0 fully saturated rings. The van der Waals surface area contributed by atoms with Gasteiger partial charge in [0.25, 0.3) is 0 Å². The number of nitrogens with one attached hydrogen (secondary N) is 1. The van der Waals surface area contributed by atoms with Gasteiger partial charge in [-0.25, -0.2) is 0 Å². The average molecular weight is 378 g/mol. The van der Waals surface area contributed by atoms with E-state index >= 15 is 0 Å². The molecule has 0 aliphatic carbocycles. The molecular formula is C21H16ClN3O2. The Morgan fingerprint density at radius 3 is 2.33 bits per heavy atom. The third-order valence-electron chi connectivity index (χ3n) is 3.86. The van der Waals surface area contributed by atoms with Crippen molar-refractivity contribution in [2.24, 2.45) is 0 Å². The van der Waals surface area contributed by atoms with Gasteiger partial charge in [-0.3, -0.25) is 0 Å². The zero-order valence-corrected chi connectivity index (χ0v) is 15.1. The van der Waals surface area contributed by atoms with Gasteiger partial charge in [-0.15, -0.1) is 10.2 Å². The Labute approximate surface area is 161 Å². The molecule has 1 aromatic heterocycles. The fraction of sp³-hybridized carbons (Fsp3) is 0.0476. The number of ether oxygens (including phenoxy) is 1. The highest BCUT2D eigenvalue weighted by molar-refractivity contribution is 6.32. The third kappa shape index (κ3) is 4.10. The molecule has 4 aromatic rings. The summed E-state index contributed by atoms with van der Waals surface area (Å²) in [6.07, 6.45) is 0. The van der Waals surface area contributed by atoms with Gasteiger partial charge in [0.1, 0.15) is 5.75 Å². The Hall–Kier alpha value is -3.31. The van der Waals surface area contributed by atoms with Crippen LogP contribution in [0, 0.1) is 0 Å². The van der Waals surface area contributed by atoms with Crippen LogP contribution in [0.4, 0.5) is 5.69 Å². The van der Waals surface area contributed by atoms with Gasteiger partial charge in [0, 0.05) is 5.56 Å². The number of benzene rings is 3. The van der Waals surface area contributed by atoms with E-state index in [0.29, 0.717) is 34.8 Å². The lowest BCUT2D eigenvalue weighted by atomic mass is 10.2. The molecule has 4 rings (SSSR count). The Morgan fingerprint density at radius 1 is 0.815 bits per heavy atom. The van der Waals surface area contributed by atoms with Gasteiger partial charge in [0.05, 0.1) is 17.3 Å². The largest absolute Gasteiger partial charge is 0.454 e. The number of anilines is 1. The molecule has 0 atom stereocenters. The molecule has 6 heteroatoms. The first-order valence-electron chi connectivity index (χ1n) is 8.43. The van der Waals surface area contributed by atoms with Gasteiger partial charge >= 0.3 is 0 Å². The van der Waals surface area contributed by atoms with Crippen molar-refractivity contribution in [1.82, 2.24) is 10.2 Å². The lowest BCUT2D eigenvalue weighted by Crippen LogP contribution is -2.01. The summed E-state index contributed by atoms with van der Waals surface area (Å²) in [6, 6.07) is 24.6. The first kappa shape index (κ1) is 17.1. The molecule has 0 aliphatic rings. The molecule has 5 nitrogen and oxygen atoms in total. The Balaban J connectivity index is 1.48. The minimum atomic E-state index is 0.378. The summed E-state index contributed by atoms with van der Waals surface area (Å²) in [6.45, 7) is 0.378. The SMILES string of the molecule is Clc1ccccc1Oc1ccccc1NCc1nnc(-c2ccccc2)o1. The van der Waals surface area contributed by atoms with Gasteiger partial charge in [-0.2, -0.15) is 0 Å². The summed E-state index contributed by atoms with van der Waals surface area (Å²) in [5.74, 6) is 2.24. The molecule has 1 heterocycles. The summed E-state index contributed by atoms with van der Waals surface area (Å²) in [4.78, 5) is 0. The number of para-hydroxylation sites is 3. The number of hydrogen-bond donors (Lipinski definition) is 1. The van der Waals surface area contributed by atoms with Gasteiger partial charge < -0.3 is 14.5 Å². The van der Waals surface area contributed by atoms with Crippen molar-refractivity contribution in [3.63, 3.8) is 0 Å². The highest BCUT2D eigenvalue weighted by atomic mass is 35.5. The molecule has 0 amide bonds. The molecule has 0 aliphatic heterocycles. The summed E-state index contributed by atoms with van der Waals surface area (Å²) in [5, 5.41) is 12.0. The van der Waals surface area contributed by atoms with Crippen LogP contribution in [0.15, 0.2) is 83.3 Å². The summed E-state index contributed by atoms with van der Waals surface area (Å²) in [7, 11) is 0. The smallest absolute Gasteiger partial charge is 0.247 e. The normalized spacial score (nSPS) is 10.6. The van der Waals surface area contributed by atoms with Crippen LogP contribution in [-0.4, -0.2) is 10.2 Å². The molecule has 27 heavy (non-hydrogen) atoms. The number of nitrogens with zero attached hydrogens (tertiary/aromatic N) is 2. The number of hydrogen-bond acceptors (Lipinski definition) is 5. The van der Waals surface area contributed by atoms with E-state index in [2.05, 4.69) is 15.5 Å². The fourth-order valence-corrected chi connectivity index (χ4v) is 2.72. The van der Waals surface area contributed by atoms with E-state index in [-0.39, 0.29) is 0 Å². The Kier molecular flexibility index (Phi) is 5.03. The zero-order valence-electron chi connectivity index (χ0n) is 14.3. The molecule has 0 unspecified atom stereocenters. The number of aromatic nitrogens is 2. The van der Waals surface area contributed by atoms with Crippen LogP contribution >= 0.6 is 11.6 Å². The number of halogens is 1. The van der Waals surface area contributed by atoms with Crippen molar-refractivity contribution >= 4 is 17.3 Å². The first-order valence-corrected chi connectivity index (χ1v) is 8.80. The Bertz CT molecular complexity index is 1030. The van der Waals surface area contributed by atoms with Gasteiger partial charge in [-0.1, -0.05) is 54.1 Å². The van der Waals surface area contributed by atoms with E-state index in [1.54, 1.807) is 6.07 Å². The lowest BCUT2D eigenvalue weighted by molar-refractivity contribution is 0.483. The predicted octanol–water partition coefficient (Wildman–Crippen LogP) is 5.79. The van der Waals surface area contributed by atoms with Crippen molar-refractivity contribution in [2.75, 3.05) is 5.32 Å². The van der Waals surface area contributed by atoms with Crippen LogP contribution < -0.4 is 10.1 Å². The molecule has 3 aromatic carbocycles. The van der Waals surface area contributed by atoms with Gasteiger partial charge in [0.15, 0.2) is 5.75 Å². The van der Waals surface area contributed by atoms with Crippen LogP contribution in [0.2, 0.25) is 5.02 Å². The minimum absolute atomic E-state index is 0.378. The van der Waals surface area contributed by atoms with E-state index in [1.807, 2.05) is 72.8 Å². The van der Waals surface area contributed by atoms with Crippen molar-refractivity contribution in [3.05, 3.63) is 89.8 Å². The van der Waals surface area contributed by atoms with Crippen molar-refractivity contribution < 1.29 is 9.15 Å². The topological polar surface area (TPSA) is 60.2 Å². The summed E-state index contributed by atoms with van der Waals surface area (Å²) < 4.78 is 11.7. The van der Waals surface area contributed by atoms with E-state index in [9.17, 15) is 0 Å². The molecule has 0 spiro atoms. The monoisotopic (exact) mass is 377 g/mol. The second-order valence-electron chi connectivity index (χ2n) is 5.75. The van der Waals surface area contributed by atoms with Crippen molar-refractivity contribution in [3.8, 4) is 23.0 Å². The zero-order chi connectivity index (χ0) is 18.5. The maximum absolute atomic E-state index is 6.18. The van der Waals surface area contributed by atoms with Crippen LogP contribution in [0.1, 0.15) is 5.89 Å². The highest BCUT2D eigenvalue weighted by Crippen LogP contribution is 2.33. The molecule has 0 saturated carbocycles. The fourth-order valence-electron chi connectivity index (χ4n) is 2.54. The van der Waals surface area contributed by atoms with Crippen LogP contribution in [0.25, 0.3) is 11.5 Å². The van der Waals surface area contributed by atoms with E-state index in [4.69, 9.17) is 20.8 Å². The first-order chi connectivity index (χ1) is 13.3. The summed E-state index contributed by atoms with van der Waals surface area (Å²) in [5.41, 5.74) is 1.69. The molecule has 0 radical (unpaired) electrons. The second-order valence-corrected chi connectivity index (χ2v) is 6.16. The van der Waals surface area contributed by atoms with Crippen molar-refractivity contribution in [1.29, 1.82) is 0 Å². The summed E-state index contributed by atoms with van der Waals surface area (Å²) >= 11 is 6.18.